The molecule has 11 heteroatoms. The number of rotatable bonds is 6. The quantitative estimate of drug-likeness (QED) is 0.368. The van der Waals surface area contributed by atoms with Crippen molar-refractivity contribution in [2.75, 3.05) is 19.7 Å². The van der Waals surface area contributed by atoms with Gasteiger partial charge in [-0.05, 0) is 31.5 Å². The highest BCUT2D eigenvalue weighted by molar-refractivity contribution is 6.08. The number of carbonyl (C=O) groups excluding carboxylic acids is 5. The standard InChI is InChI=1S/C19H21N5O6/c1-3-30-15(26)12-8-21-17(28)22-13(12)9-24-16(27)19(2,23-18(24)29)11-6-4-5-10(7-11)14(20)25/h4-7H,3,8-9H2,1-2H3,(H2,20,25)(H,23,29)(H2,21,22,28). The molecular weight excluding hydrogens is 394 g/mol. The Kier molecular flexibility index (Phi) is 5.45. The summed E-state index contributed by atoms with van der Waals surface area (Å²) >= 11 is 0. The van der Waals surface area contributed by atoms with Gasteiger partial charge in [-0.15, -0.1) is 0 Å². The van der Waals surface area contributed by atoms with Crippen molar-refractivity contribution >= 4 is 29.8 Å². The molecule has 158 valence electrons. The smallest absolute Gasteiger partial charge is 0.337 e. The van der Waals surface area contributed by atoms with Crippen molar-refractivity contribution in [1.29, 1.82) is 0 Å². The van der Waals surface area contributed by atoms with E-state index in [-0.39, 0.29) is 36.5 Å². The first-order chi connectivity index (χ1) is 14.2. The summed E-state index contributed by atoms with van der Waals surface area (Å²) in [7, 11) is 0. The van der Waals surface area contributed by atoms with Crippen LogP contribution in [-0.2, 0) is 19.9 Å². The van der Waals surface area contributed by atoms with E-state index in [9.17, 15) is 24.0 Å². The zero-order valence-electron chi connectivity index (χ0n) is 16.4. The summed E-state index contributed by atoms with van der Waals surface area (Å²) in [6, 6.07) is 4.79. The summed E-state index contributed by atoms with van der Waals surface area (Å²) in [5.41, 5.74) is 4.61. The molecule has 1 fully saturated rings. The number of nitrogens with one attached hydrogen (secondary N) is 3. The normalized spacial score (nSPS) is 21.1. The van der Waals surface area contributed by atoms with Crippen LogP contribution in [0.2, 0.25) is 0 Å². The third-order valence-corrected chi connectivity index (χ3v) is 4.89. The van der Waals surface area contributed by atoms with Gasteiger partial charge >= 0.3 is 18.0 Å². The summed E-state index contributed by atoms with van der Waals surface area (Å²) in [5, 5.41) is 7.51. The van der Waals surface area contributed by atoms with Gasteiger partial charge in [0.25, 0.3) is 5.91 Å². The lowest BCUT2D eigenvalue weighted by atomic mass is 9.90. The number of imide groups is 1. The summed E-state index contributed by atoms with van der Waals surface area (Å²) in [6.07, 6.45) is 0. The summed E-state index contributed by atoms with van der Waals surface area (Å²) < 4.78 is 4.97. The number of carbonyl (C=O) groups is 5. The van der Waals surface area contributed by atoms with Crippen LogP contribution >= 0.6 is 0 Å². The molecule has 30 heavy (non-hydrogen) atoms. The van der Waals surface area contributed by atoms with Gasteiger partial charge in [0.1, 0.15) is 5.54 Å². The van der Waals surface area contributed by atoms with Crippen molar-refractivity contribution in [3.05, 3.63) is 46.7 Å². The van der Waals surface area contributed by atoms with Gasteiger partial charge in [-0.1, -0.05) is 12.1 Å². The third kappa shape index (κ3) is 3.69. The van der Waals surface area contributed by atoms with Crippen LogP contribution in [0.4, 0.5) is 9.59 Å². The summed E-state index contributed by atoms with van der Waals surface area (Å²) in [6.45, 7) is 2.82. The first-order valence-corrected chi connectivity index (χ1v) is 9.15. The van der Waals surface area contributed by atoms with Crippen LogP contribution in [0.5, 0.6) is 0 Å². The van der Waals surface area contributed by atoms with Crippen molar-refractivity contribution in [3.63, 3.8) is 0 Å². The molecule has 0 aliphatic carbocycles. The van der Waals surface area contributed by atoms with Crippen molar-refractivity contribution in [2.45, 2.75) is 19.4 Å². The monoisotopic (exact) mass is 415 g/mol. The van der Waals surface area contributed by atoms with Gasteiger partial charge < -0.3 is 26.4 Å². The number of primary amides is 1. The minimum Gasteiger partial charge on any atom is -0.463 e. The van der Waals surface area contributed by atoms with Crippen LogP contribution < -0.4 is 21.7 Å². The van der Waals surface area contributed by atoms with Gasteiger partial charge in [0.05, 0.1) is 31.0 Å². The van der Waals surface area contributed by atoms with Crippen molar-refractivity contribution in [3.8, 4) is 0 Å². The van der Waals surface area contributed by atoms with E-state index < -0.39 is 35.4 Å². The molecule has 2 aliphatic rings. The third-order valence-electron chi connectivity index (χ3n) is 4.89. The van der Waals surface area contributed by atoms with Crippen LogP contribution in [0.25, 0.3) is 0 Å². The fraction of sp³-hybridized carbons (Fsp3) is 0.316. The van der Waals surface area contributed by atoms with Gasteiger partial charge in [-0.2, -0.15) is 0 Å². The lowest BCUT2D eigenvalue weighted by Gasteiger charge is -2.25. The zero-order chi connectivity index (χ0) is 22.1. The van der Waals surface area contributed by atoms with Crippen LogP contribution in [0.1, 0.15) is 29.8 Å². The van der Waals surface area contributed by atoms with Gasteiger partial charge in [0, 0.05) is 5.56 Å². The molecular formula is C19H21N5O6. The minimum absolute atomic E-state index is 0.0934. The molecule has 0 radical (unpaired) electrons. The van der Waals surface area contributed by atoms with Crippen LogP contribution in [0.3, 0.4) is 0 Å². The number of nitrogens with zero attached hydrogens (tertiary/aromatic N) is 1. The Morgan fingerprint density at radius 3 is 2.67 bits per heavy atom. The van der Waals surface area contributed by atoms with E-state index in [1.54, 1.807) is 19.1 Å². The van der Waals surface area contributed by atoms with E-state index in [0.29, 0.717) is 5.56 Å². The molecule has 3 rings (SSSR count). The van der Waals surface area contributed by atoms with E-state index in [1.807, 2.05) is 0 Å². The fourth-order valence-corrected chi connectivity index (χ4v) is 3.26. The van der Waals surface area contributed by atoms with Gasteiger partial charge in [0.15, 0.2) is 0 Å². The van der Waals surface area contributed by atoms with Gasteiger partial charge in [-0.25, -0.2) is 14.4 Å². The molecule has 1 unspecified atom stereocenters. The molecule has 0 bridgehead atoms. The molecule has 1 aromatic carbocycles. The summed E-state index contributed by atoms with van der Waals surface area (Å²) in [5.74, 6) is -1.95. The second-order valence-corrected chi connectivity index (χ2v) is 6.88. The number of esters is 1. The Bertz CT molecular complexity index is 987. The zero-order valence-corrected chi connectivity index (χ0v) is 16.4. The molecule has 5 N–H and O–H groups in total. The average molecular weight is 415 g/mol. The maximum Gasteiger partial charge on any atom is 0.337 e. The highest BCUT2D eigenvalue weighted by atomic mass is 16.5. The maximum absolute atomic E-state index is 13.1. The van der Waals surface area contributed by atoms with Crippen LogP contribution in [0.15, 0.2) is 35.5 Å². The molecule has 1 saturated heterocycles. The van der Waals surface area contributed by atoms with Crippen LogP contribution in [-0.4, -0.2) is 54.4 Å². The highest BCUT2D eigenvalue weighted by Gasteiger charge is 2.49. The van der Waals surface area contributed by atoms with Crippen molar-refractivity contribution < 1.29 is 28.7 Å². The topological polar surface area (TPSA) is 160 Å². The molecule has 6 amide bonds. The lowest BCUT2D eigenvalue weighted by Crippen LogP contribution is -2.48. The molecule has 1 atom stereocenters. The minimum atomic E-state index is -1.45. The van der Waals surface area contributed by atoms with E-state index in [0.717, 1.165) is 4.90 Å². The number of urea groups is 2. The lowest BCUT2D eigenvalue weighted by molar-refractivity contribution is -0.139. The maximum atomic E-state index is 13.1. The SMILES string of the molecule is CCOC(=O)C1=C(CN2C(=O)NC(C)(c3cccc(C(N)=O)c3)C2=O)NC(=O)NC1. The molecule has 0 aromatic heterocycles. The Morgan fingerprint density at radius 1 is 1.27 bits per heavy atom. The molecule has 0 spiro atoms. The van der Waals surface area contributed by atoms with E-state index in [2.05, 4.69) is 16.0 Å². The molecule has 2 aliphatic heterocycles. The van der Waals surface area contributed by atoms with E-state index in [1.165, 1.54) is 19.1 Å². The highest BCUT2D eigenvalue weighted by Crippen LogP contribution is 2.30. The Morgan fingerprint density at radius 2 is 2.00 bits per heavy atom. The number of hydrogen-bond acceptors (Lipinski definition) is 6. The Labute approximate surface area is 171 Å². The molecule has 0 saturated carbocycles. The van der Waals surface area contributed by atoms with Crippen molar-refractivity contribution in [2.24, 2.45) is 5.73 Å². The first kappa shape index (κ1) is 20.8. The van der Waals surface area contributed by atoms with E-state index in [4.69, 9.17) is 10.5 Å². The second-order valence-electron chi connectivity index (χ2n) is 6.88. The number of nitrogens with two attached hydrogens (primary N) is 1. The van der Waals surface area contributed by atoms with Gasteiger partial charge in [-0.3, -0.25) is 14.5 Å². The van der Waals surface area contributed by atoms with Crippen LogP contribution in [0, 0.1) is 0 Å². The van der Waals surface area contributed by atoms with Gasteiger partial charge in [0.2, 0.25) is 5.91 Å². The van der Waals surface area contributed by atoms with Crippen molar-refractivity contribution in [1.82, 2.24) is 20.9 Å². The molecule has 1 aromatic rings. The largest absolute Gasteiger partial charge is 0.463 e. The molecule has 2 heterocycles. The number of amides is 6. The Hall–Kier alpha value is -3.89. The van der Waals surface area contributed by atoms with E-state index >= 15 is 0 Å². The predicted molar refractivity (Wildman–Crippen MR) is 103 cm³/mol. The number of benzene rings is 1. The summed E-state index contributed by atoms with van der Waals surface area (Å²) in [4.78, 5) is 62.0. The number of ether oxygens (including phenoxy) is 1. The predicted octanol–water partition coefficient (Wildman–Crippen LogP) is -0.317. The number of hydrogen-bond donors (Lipinski definition) is 4. The second kappa shape index (κ2) is 7.85. The fourth-order valence-electron chi connectivity index (χ4n) is 3.26. The average Bonchev–Trinajstić information content (AvgIpc) is 2.92. The first-order valence-electron chi connectivity index (χ1n) is 9.15. The molecule has 11 nitrogen and oxygen atoms in total. The Balaban J connectivity index is 1.92.